The van der Waals surface area contributed by atoms with Crippen LogP contribution in [-0.2, 0) is 4.79 Å². The van der Waals surface area contributed by atoms with E-state index in [0.29, 0.717) is 0 Å². The zero-order valence-corrected chi connectivity index (χ0v) is 13.6. The molecule has 0 aliphatic carbocycles. The SMILES string of the molecule is CC(C)NC(C)(CCCCN1CCCCCC1)C(N)=O. The first-order valence-corrected chi connectivity index (χ1v) is 8.24. The quantitative estimate of drug-likeness (QED) is 0.672. The monoisotopic (exact) mass is 283 g/mol. The van der Waals surface area contributed by atoms with E-state index in [1.54, 1.807) is 0 Å². The molecule has 0 aromatic carbocycles. The molecule has 0 spiro atoms. The van der Waals surface area contributed by atoms with Gasteiger partial charge in [0.25, 0.3) is 0 Å². The molecule has 0 aromatic rings. The fourth-order valence-electron chi connectivity index (χ4n) is 3.08. The first-order valence-electron chi connectivity index (χ1n) is 8.24. The zero-order chi connectivity index (χ0) is 15.0. The first-order chi connectivity index (χ1) is 9.44. The van der Waals surface area contributed by atoms with Crippen molar-refractivity contribution in [2.75, 3.05) is 19.6 Å². The van der Waals surface area contributed by atoms with E-state index in [4.69, 9.17) is 5.73 Å². The van der Waals surface area contributed by atoms with Gasteiger partial charge in [0.2, 0.25) is 5.91 Å². The lowest BCUT2D eigenvalue weighted by Crippen LogP contribution is -2.55. The van der Waals surface area contributed by atoms with Crippen molar-refractivity contribution in [1.82, 2.24) is 10.2 Å². The minimum atomic E-state index is -0.563. The van der Waals surface area contributed by atoms with E-state index in [2.05, 4.69) is 24.1 Å². The molecule has 1 rings (SSSR count). The Morgan fingerprint density at radius 3 is 2.30 bits per heavy atom. The number of nitrogens with one attached hydrogen (secondary N) is 1. The number of likely N-dealkylation sites (tertiary alicyclic amines) is 1. The molecule has 0 saturated carbocycles. The van der Waals surface area contributed by atoms with Gasteiger partial charge >= 0.3 is 0 Å². The van der Waals surface area contributed by atoms with Crippen LogP contribution in [0.25, 0.3) is 0 Å². The van der Waals surface area contributed by atoms with Crippen molar-refractivity contribution in [2.45, 2.75) is 77.3 Å². The van der Waals surface area contributed by atoms with Gasteiger partial charge in [0, 0.05) is 6.04 Å². The Hall–Kier alpha value is -0.610. The molecule has 1 aliphatic heterocycles. The maximum Gasteiger partial charge on any atom is 0.237 e. The van der Waals surface area contributed by atoms with Crippen LogP contribution >= 0.6 is 0 Å². The predicted octanol–water partition coefficient (Wildman–Crippen LogP) is 2.27. The number of carbonyl (C=O) groups is 1. The van der Waals surface area contributed by atoms with Crippen molar-refractivity contribution in [1.29, 1.82) is 0 Å². The maximum absolute atomic E-state index is 11.6. The Bertz CT molecular complexity index is 285. The van der Waals surface area contributed by atoms with Crippen molar-refractivity contribution >= 4 is 5.91 Å². The molecular formula is C16H33N3O. The molecule has 1 aliphatic rings. The second kappa shape index (κ2) is 8.63. The summed E-state index contributed by atoms with van der Waals surface area (Å²) >= 11 is 0. The van der Waals surface area contributed by atoms with Crippen molar-refractivity contribution in [3.63, 3.8) is 0 Å². The van der Waals surface area contributed by atoms with Crippen LogP contribution in [0.15, 0.2) is 0 Å². The van der Waals surface area contributed by atoms with Crippen molar-refractivity contribution in [3.8, 4) is 0 Å². The molecule has 4 nitrogen and oxygen atoms in total. The summed E-state index contributed by atoms with van der Waals surface area (Å²) < 4.78 is 0. The Labute approximate surface area is 124 Å². The highest BCUT2D eigenvalue weighted by molar-refractivity contribution is 5.84. The summed E-state index contributed by atoms with van der Waals surface area (Å²) in [4.78, 5) is 14.2. The van der Waals surface area contributed by atoms with Gasteiger partial charge in [-0.1, -0.05) is 12.8 Å². The minimum Gasteiger partial charge on any atom is -0.368 e. The van der Waals surface area contributed by atoms with Crippen molar-refractivity contribution < 1.29 is 4.79 Å². The molecule has 0 bridgehead atoms. The third-order valence-electron chi connectivity index (χ3n) is 4.25. The summed E-state index contributed by atoms with van der Waals surface area (Å²) in [5, 5.41) is 3.32. The lowest BCUT2D eigenvalue weighted by atomic mass is 9.93. The van der Waals surface area contributed by atoms with Gasteiger partial charge < -0.3 is 16.0 Å². The van der Waals surface area contributed by atoms with E-state index in [9.17, 15) is 4.79 Å². The summed E-state index contributed by atoms with van der Waals surface area (Å²) in [6.07, 6.45) is 8.48. The first kappa shape index (κ1) is 17.4. The third-order valence-corrected chi connectivity index (χ3v) is 4.25. The van der Waals surface area contributed by atoms with Gasteiger partial charge in [0.15, 0.2) is 0 Å². The van der Waals surface area contributed by atoms with E-state index < -0.39 is 5.54 Å². The van der Waals surface area contributed by atoms with Gasteiger partial charge in [0.05, 0.1) is 5.54 Å². The number of carbonyl (C=O) groups excluding carboxylic acids is 1. The molecule has 20 heavy (non-hydrogen) atoms. The number of amides is 1. The summed E-state index contributed by atoms with van der Waals surface area (Å²) in [6.45, 7) is 9.70. The van der Waals surface area contributed by atoms with Crippen LogP contribution in [0.4, 0.5) is 0 Å². The van der Waals surface area contributed by atoms with Crippen molar-refractivity contribution in [2.24, 2.45) is 5.73 Å². The maximum atomic E-state index is 11.6. The van der Waals surface area contributed by atoms with E-state index in [-0.39, 0.29) is 11.9 Å². The molecule has 1 heterocycles. The largest absolute Gasteiger partial charge is 0.368 e. The second-order valence-electron chi connectivity index (χ2n) is 6.71. The van der Waals surface area contributed by atoms with E-state index >= 15 is 0 Å². The molecule has 0 radical (unpaired) electrons. The summed E-state index contributed by atoms with van der Waals surface area (Å²) in [7, 11) is 0. The van der Waals surface area contributed by atoms with Crippen LogP contribution in [0.3, 0.4) is 0 Å². The third kappa shape index (κ3) is 6.23. The molecule has 4 heteroatoms. The number of hydrogen-bond donors (Lipinski definition) is 2. The van der Waals surface area contributed by atoms with Gasteiger partial charge in [-0.15, -0.1) is 0 Å². The minimum absolute atomic E-state index is 0.235. The average Bonchev–Trinajstić information content (AvgIpc) is 2.62. The Balaban J connectivity index is 2.28. The van der Waals surface area contributed by atoms with Crippen molar-refractivity contribution in [3.05, 3.63) is 0 Å². The highest BCUT2D eigenvalue weighted by atomic mass is 16.1. The number of hydrogen-bond acceptors (Lipinski definition) is 3. The lowest BCUT2D eigenvalue weighted by Gasteiger charge is -2.30. The molecule has 118 valence electrons. The molecule has 1 amide bonds. The number of unbranched alkanes of at least 4 members (excludes halogenated alkanes) is 1. The highest BCUT2D eigenvalue weighted by Crippen LogP contribution is 2.16. The Kier molecular flexibility index (Phi) is 7.52. The van der Waals surface area contributed by atoms with Crippen LogP contribution in [0, 0.1) is 0 Å². The van der Waals surface area contributed by atoms with Crippen LogP contribution in [-0.4, -0.2) is 42.0 Å². The summed E-state index contributed by atoms with van der Waals surface area (Å²) in [5.41, 5.74) is 4.99. The Morgan fingerprint density at radius 1 is 1.20 bits per heavy atom. The van der Waals surface area contributed by atoms with Crippen LogP contribution < -0.4 is 11.1 Å². The lowest BCUT2D eigenvalue weighted by molar-refractivity contribution is -0.124. The van der Waals surface area contributed by atoms with E-state index in [1.807, 2.05) is 6.92 Å². The predicted molar refractivity (Wildman–Crippen MR) is 84.6 cm³/mol. The molecule has 1 fully saturated rings. The average molecular weight is 283 g/mol. The fraction of sp³-hybridized carbons (Fsp3) is 0.938. The van der Waals surface area contributed by atoms with Crippen LogP contribution in [0.2, 0.25) is 0 Å². The Morgan fingerprint density at radius 2 is 1.80 bits per heavy atom. The van der Waals surface area contributed by atoms with E-state index in [1.165, 1.54) is 38.8 Å². The van der Waals surface area contributed by atoms with E-state index in [0.717, 1.165) is 25.8 Å². The molecule has 1 saturated heterocycles. The number of primary amides is 1. The van der Waals surface area contributed by atoms with Gasteiger partial charge in [-0.25, -0.2) is 0 Å². The normalized spacial score (nSPS) is 20.6. The van der Waals surface area contributed by atoms with Gasteiger partial charge in [-0.3, -0.25) is 4.79 Å². The molecular weight excluding hydrogens is 250 g/mol. The zero-order valence-electron chi connectivity index (χ0n) is 13.6. The fourth-order valence-corrected chi connectivity index (χ4v) is 3.08. The summed E-state index contributed by atoms with van der Waals surface area (Å²) in [5.74, 6) is -0.235. The smallest absolute Gasteiger partial charge is 0.237 e. The standard InChI is InChI=1S/C16H33N3O/c1-14(2)18-16(3,15(17)20)10-6-9-13-19-11-7-4-5-8-12-19/h14,18H,4-13H2,1-3H3,(H2,17,20). The topological polar surface area (TPSA) is 58.4 Å². The number of nitrogens with zero attached hydrogens (tertiary/aromatic N) is 1. The highest BCUT2D eigenvalue weighted by Gasteiger charge is 2.30. The number of rotatable bonds is 8. The molecule has 3 N–H and O–H groups in total. The second-order valence-corrected chi connectivity index (χ2v) is 6.71. The summed E-state index contributed by atoms with van der Waals surface area (Å²) in [6, 6.07) is 0.276. The van der Waals surface area contributed by atoms with Gasteiger partial charge in [0.1, 0.15) is 0 Å². The molecule has 1 unspecified atom stereocenters. The van der Waals surface area contributed by atoms with Gasteiger partial charge in [-0.05, 0) is 72.5 Å². The van der Waals surface area contributed by atoms with Crippen LogP contribution in [0.1, 0.15) is 65.7 Å². The number of nitrogens with two attached hydrogens (primary N) is 1. The molecule has 1 atom stereocenters. The van der Waals surface area contributed by atoms with Gasteiger partial charge in [-0.2, -0.15) is 0 Å². The molecule has 0 aromatic heterocycles. The van der Waals surface area contributed by atoms with Crippen LogP contribution in [0.5, 0.6) is 0 Å².